The number of anilines is 1. The van der Waals surface area contributed by atoms with E-state index in [1.165, 1.54) is 50.8 Å². The summed E-state index contributed by atoms with van der Waals surface area (Å²) in [6.45, 7) is -0.171. The minimum absolute atomic E-state index is 0.0184. The van der Waals surface area contributed by atoms with E-state index in [9.17, 15) is 13.2 Å². The number of rotatable bonds is 12. The Morgan fingerprint density at radius 1 is 0.878 bits per heavy atom. The number of hydrazone groups is 1. The van der Waals surface area contributed by atoms with Crippen molar-refractivity contribution in [2.75, 3.05) is 25.1 Å². The number of hydrogen-bond acceptors (Lipinski definition) is 7. The number of ether oxygens (including phenoxy) is 3. The summed E-state index contributed by atoms with van der Waals surface area (Å²) < 4.78 is 44.4. The lowest BCUT2D eigenvalue weighted by Crippen LogP contribution is -2.39. The van der Waals surface area contributed by atoms with Crippen molar-refractivity contribution in [3.05, 3.63) is 113 Å². The van der Waals surface area contributed by atoms with Crippen LogP contribution in [0.3, 0.4) is 0 Å². The number of amides is 1. The highest BCUT2D eigenvalue weighted by Gasteiger charge is 2.27. The van der Waals surface area contributed by atoms with Gasteiger partial charge in [-0.2, -0.15) is 5.10 Å². The number of carbonyl (C=O) groups excluding carboxylic acids is 1. The van der Waals surface area contributed by atoms with Crippen molar-refractivity contribution in [3.63, 3.8) is 0 Å². The Hall–Kier alpha value is -4.54. The van der Waals surface area contributed by atoms with Gasteiger partial charge in [0.1, 0.15) is 18.9 Å². The molecule has 0 heterocycles. The predicted octanol–water partition coefficient (Wildman–Crippen LogP) is 5.28. The van der Waals surface area contributed by atoms with Crippen molar-refractivity contribution >= 4 is 39.4 Å². The third-order valence-corrected chi connectivity index (χ3v) is 7.95. The first-order valence-corrected chi connectivity index (χ1v) is 14.2. The van der Waals surface area contributed by atoms with E-state index in [-0.39, 0.29) is 15.6 Å². The van der Waals surface area contributed by atoms with Gasteiger partial charge < -0.3 is 14.2 Å². The predicted molar refractivity (Wildman–Crippen MR) is 158 cm³/mol. The van der Waals surface area contributed by atoms with E-state index in [1.54, 1.807) is 36.4 Å². The maximum absolute atomic E-state index is 13.5. The summed E-state index contributed by atoms with van der Waals surface area (Å²) in [5.41, 5.74) is 4.22. The summed E-state index contributed by atoms with van der Waals surface area (Å²) >= 11 is 6.25. The standard InChI is InChI=1S/C30H28ClN3O6S/c1-38-27-16-14-24(18-26(27)31)34(41(36,37)25-11-7-4-8-12-25)20-30(35)33-32-19-23-13-15-28(29(17-23)39-2)40-21-22-9-5-3-6-10-22/h3-19H,20-21H2,1-2H3,(H,33,35)/b32-19-. The van der Waals surface area contributed by atoms with Gasteiger partial charge in [-0.1, -0.05) is 60.1 Å². The summed E-state index contributed by atoms with van der Waals surface area (Å²) in [6, 6.07) is 27.2. The summed E-state index contributed by atoms with van der Waals surface area (Å²) in [4.78, 5) is 12.9. The number of sulfonamides is 1. The van der Waals surface area contributed by atoms with Crippen LogP contribution in [0.25, 0.3) is 0 Å². The number of methoxy groups -OCH3 is 2. The van der Waals surface area contributed by atoms with Crippen LogP contribution in [0.5, 0.6) is 17.2 Å². The number of nitrogens with zero attached hydrogens (tertiary/aromatic N) is 2. The zero-order chi connectivity index (χ0) is 29.2. The first kappa shape index (κ1) is 29.4. The van der Waals surface area contributed by atoms with E-state index >= 15 is 0 Å². The molecular formula is C30H28ClN3O6S. The minimum Gasteiger partial charge on any atom is -0.495 e. The number of benzene rings is 4. The zero-order valence-electron chi connectivity index (χ0n) is 22.4. The normalized spacial score (nSPS) is 11.2. The van der Waals surface area contributed by atoms with E-state index in [4.69, 9.17) is 25.8 Å². The molecule has 1 amide bonds. The Labute approximate surface area is 244 Å². The molecule has 4 rings (SSSR count). The zero-order valence-corrected chi connectivity index (χ0v) is 23.9. The number of carbonyl (C=O) groups is 1. The van der Waals surface area contributed by atoms with E-state index in [2.05, 4.69) is 10.5 Å². The molecule has 0 aromatic heterocycles. The van der Waals surface area contributed by atoms with Gasteiger partial charge in [-0.3, -0.25) is 9.10 Å². The monoisotopic (exact) mass is 593 g/mol. The largest absolute Gasteiger partial charge is 0.495 e. The van der Waals surface area contributed by atoms with Crippen LogP contribution in [0.1, 0.15) is 11.1 Å². The van der Waals surface area contributed by atoms with Crippen LogP contribution in [0.2, 0.25) is 5.02 Å². The number of hydrogen-bond donors (Lipinski definition) is 1. The topological polar surface area (TPSA) is 107 Å². The summed E-state index contributed by atoms with van der Waals surface area (Å²) in [5, 5.41) is 4.19. The molecule has 11 heteroatoms. The van der Waals surface area contributed by atoms with Crippen LogP contribution < -0.4 is 23.9 Å². The molecule has 0 aliphatic carbocycles. The fourth-order valence-corrected chi connectivity index (χ4v) is 5.49. The first-order valence-electron chi connectivity index (χ1n) is 12.4. The van der Waals surface area contributed by atoms with Gasteiger partial charge in [0, 0.05) is 0 Å². The maximum Gasteiger partial charge on any atom is 0.264 e. The molecule has 0 saturated heterocycles. The SMILES string of the molecule is COc1ccc(N(CC(=O)N/N=C\c2ccc(OCc3ccccc3)c(OC)c2)S(=O)(=O)c2ccccc2)cc1Cl. The number of halogens is 1. The lowest BCUT2D eigenvalue weighted by molar-refractivity contribution is -0.119. The molecule has 0 aliphatic heterocycles. The number of nitrogens with one attached hydrogen (secondary N) is 1. The molecule has 0 bridgehead atoms. The van der Waals surface area contributed by atoms with Crippen molar-refractivity contribution < 1.29 is 27.4 Å². The molecule has 0 spiro atoms. The highest BCUT2D eigenvalue weighted by atomic mass is 35.5. The van der Waals surface area contributed by atoms with Gasteiger partial charge in [-0.25, -0.2) is 13.8 Å². The Balaban J connectivity index is 1.48. The lowest BCUT2D eigenvalue weighted by Gasteiger charge is -2.24. The Morgan fingerprint density at radius 3 is 2.20 bits per heavy atom. The molecule has 0 atom stereocenters. The van der Waals surface area contributed by atoms with Crippen LogP contribution in [-0.2, 0) is 21.4 Å². The van der Waals surface area contributed by atoms with Crippen molar-refractivity contribution in [2.45, 2.75) is 11.5 Å². The minimum atomic E-state index is -4.11. The molecule has 1 N–H and O–H groups in total. The average Bonchev–Trinajstić information content (AvgIpc) is 3.00. The van der Waals surface area contributed by atoms with Crippen molar-refractivity contribution in [1.29, 1.82) is 0 Å². The Morgan fingerprint density at radius 2 is 1.54 bits per heavy atom. The van der Waals surface area contributed by atoms with Gasteiger partial charge in [-0.05, 0) is 59.7 Å². The van der Waals surface area contributed by atoms with Gasteiger partial charge in [0.15, 0.2) is 11.5 Å². The van der Waals surface area contributed by atoms with Crippen LogP contribution in [-0.4, -0.2) is 41.3 Å². The van der Waals surface area contributed by atoms with Crippen molar-refractivity contribution in [3.8, 4) is 17.2 Å². The van der Waals surface area contributed by atoms with Crippen LogP contribution in [0.15, 0.2) is 107 Å². The second-order valence-corrected chi connectivity index (χ2v) is 10.9. The summed E-state index contributed by atoms with van der Waals surface area (Å²) in [5.74, 6) is 0.751. The Kier molecular flexibility index (Phi) is 9.83. The second-order valence-electron chi connectivity index (χ2n) is 8.62. The summed E-state index contributed by atoms with van der Waals surface area (Å²) in [6.07, 6.45) is 1.42. The van der Waals surface area contributed by atoms with Gasteiger partial charge >= 0.3 is 0 Å². The van der Waals surface area contributed by atoms with Crippen LogP contribution >= 0.6 is 11.6 Å². The second kappa shape index (κ2) is 13.7. The first-order chi connectivity index (χ1) is 19.8. The fourth-order valence-electron chi connectivity index (χ4n) is 3.81. The quantitative estimate of drug-likeness (QED) is 0.177. The van der Waals surface area contributed by atoms with Crippen molar-refractivity contribution in [1.82, 2.24) is 5.43 Å². The fraction of sp³-hybridized carbons (Fsp3) is 0.133. The van der Waals surface area contributed by atoms with E-state index in [1.807, 2.05) is 30.3 Å². The van der Waals surface area contributed by atoms with Crippen LogP contribution in [0, 0.1) is 0 Å². The van der Waals surface area contributed by atoms with E-state index < -0.39 is 22.5 Å². The lowest BCUT2D eigenvalue weighted by atomic mass is 10.2. The maximum atomic E-state index is 13.5. The van der Waals surface area contributed by atoms with E-state index in [0.717, 1.165) is 9.87 Å². The molecular weight excluding hydrogens is 566 g/mol. The third kappa shape index (κ3) is 7.56. The molecule has 0 fully saturated rings. The summed E-state index contributed by atoms with van der Waals surface area (Å²) in [7, 11) is -1.13. The van der Waals surface area contributed by atoms with Gasteiger partial charge in [0.2, 0.25) is 0 Å². The molecule has 4 aromatic rings. The van der Waals surface area contributed by atoms with Gasteiger partial charge in [0.25, 0.3) is 15.9 Å². The van der Waals surface area contributed by atoms with E-state index in [0.29, 0.717) is 29.4 Å². The molecule has 0 aliphatic rings. The highest BCUT2D eigenvalue weighted by molar-refractivity contribution is 7.92. The van der Waals surface area contributed by atoms with Crippen LogP contribution in [0.4, 0.5) is 5.69 Å². The van der Waals surface area contributed by atoms with Gasteiger partial charge in [-0.15, -0.1) is 0 Å². The molecule has 212 valence electrons. The molecule has 0 unspecified atom stereocenters. The van der Waals surface area contributed by atoms with Gasteiger partial charge in [0.05, 0.1) is 36.0 Å². The Bertz CT molecular complexity index is 1620. The molecule has 0 radical (unpaired) electrons. The molecule has 9 nitrogen and oxygen atoms in total. The smallest absolute Gasteiger partial charge is 0.264 e. The highest BCUT2D eigenvalue weighted by Crippen LogP contribution is 2.32. The molecule has 4 aromatic carbocycles. The average molecular weight is 594 g/mol. The molecule has 41 heavy (non-hydrogen) atoms. The van der Waals surface area contributed by atoms with Crippen molar-refractivity contribution in [2.24, 2.45) is 5.10 Å². The third-order valence-electron chi connectivity index (χ3n) is 5.87. The molecule has 0 saturated carbocycles.